The molecule has 1 aliphatic carbocycles. The van der Waals surface area contributed by atoms with E-state index in [4.69, 9.17) is 10.5 Å². The molecule has 0 aromatic rings. The minimum absolute atomic E-state index is 0.217. The average molecular weight is 183 g/mol. The molecule has 0 aromatic carbocycles. The zero-order chi connectivity index (χ0) is 9.31. The molecule has 2 N–H and O–H groups in total. The van der Waals surface area contributed by atoms with E-state index in [1.807, 2.05) is 0 Å². The predicted molar refractivity (Wildman–Crippen MR) is 49.3 cm³/mol. The number of hydrogen-bond donors (Lipinski definition) is 1. The van der Waals surface area contributed by atoms with Crippen LogP contribution in [0.1, 0.15) is 32.1 Å². The highest BCUT2D eigenvalue weighted by Gasteiger charge is 2.39. The summed E-state index contributed by atoms with van der Waals surface area (Å²) in [5.74, 6) is 0.836. The largest absolute Gasteiger partial charge is 0.379 e. The maximum Gasteiger partial charge on any atom is 0.155 e. The molecule has 2 fully saturated rings. The van der Waals surface area contributed by atoms with Crippen LogP contribution in [0, 0.1) is 5.92 Å². The van der Waals surface area contributed by atoms with Crippen LogP contribution in [0.15, 0.2) is 0 Å². The van der Waals surface area contributed by atoms with Crippen LogP contribution in [0.4, 0.5) is 0 Å². The fourth-order valence-corrected chi connectivity index (χ4v) is 1.96. The topological polar surface area (TPSA) is 52.3 Å². The second-order valence-corrected chi connectivity index (χ2v) is 4.38. The van der Waals surface area contributed by atoms with Crippen LogP contribution in [-0.4, -0.2) is 24.5 Å². The van der Waals surface area contributed by atoms with Gasteiger partial charge < -0.3 is 10.5 Å². The van der Waals surface area contributed by atoms with Crippen molar-refractivity contribution < 1.29 is 9.53 Å². The monoisotopic (exact) mass is 183 g/mol. The van der Waals surface area contributed by atoms with Crippen molar-refractivity contribution >= 4 is 5.78 Å². The molecule has 0 amide bonds. The molecule has 0 radical (unpaired) electrons. The second kappa shape index (κ2) is 3.39. The number of rotatable bonds is 3. The van der Waals surface area contributed by atoms with Crippen LogP contribution in [0.3, 0.4) is 0 Å². The van der Waals surface area contributed by atoms with E-state index in [0.29, 0.717) is 32.0 Å². The minimum atomic E-state index is -0.643. The Labute approximate surface area is 78.6 Å². The molecular formula is C10H17NO2. The molecule has 2 rings (SSSR count). The third-order valence-corrected chi connectivity index (χ3v) is 3.31. The lowest BCUT2D eigenvalue weighted by Gasteiger charge is -2.28. The number of carbonyl (C=O) groups excluding carboxylic acids is 1. The van der Waals surface area contributed by atoms with Gasteiger partial charge in [0, 0.05) is 13.0 Å². The highest BCUT2D eigenvalue weighted by molar-refractivity contribution is 5.88. The lowest BCUT2D eigenvalue weighted by atomic mass is 9.78. The third-order valence-electron chi connectivity index (χ3n) is 3.31. The first-order chi connectivity index (χ1) is 6.21. The Morgan fingerprint density at radius 3 is 2.77 bits per heavy atom. The van der Waals surface area contributed by atoms with Crippen molar-refractivity contribution in [2.24, 2.45) is 11.7 Å². The third kappa shape index (κ3) is 1.76. The molecule has 1 heterocycles. The van der Waals surface area contributed by atoms with Gasteiger partial charge in [0.15, 0.2) is 5.78 Å². The highest BCUT2D eigenvalue weighted by atomic mass is 16.5. The van der Waals surface area contributed by atoms with Crippen LogP contribution in [0.2, 0.25) is 0 Å². The van der Waals surface area contributed by atoms with E-state index in [1.54, 1.807) is 0 Å². The Morgan fingerprint density at radius 2 is 2.31 bits per heavy atom. The Bertz CT molecular complexity index is 205. The molecule has 74 valence electrons. The van der Waals surface area contributed by atoms with Gasteiger partial charge in [-0.25, -0.2) is 0 Å². The molecule has 1 aliphatic heterocycles. The molecule has 0 aromatic heterocycles. The van der Waals surface area contributed by atoms with E-state index < -0.39 is 5.54 Å². The van der Waals surface area contributed by atoms with Crippen molar-refractivity contribution in [1.82, 2.24) is 0 Å². The Balaban J connectivity index is 1.87. The summed E-state index contributed by atoms with van der Waals surface area (Å²) in [6.07, 6.45) is 5.09. The van der Waals surface area contributed by atoms with Gasteiger partial charge in [0.2, 0.25) is 0 Å². The SMILES string of the molecule is NC1(C(=O)CC2CCC2)CCOC1. The van der Waals surface area contributed by atoms with Gasteiger partial charge in [-0.15, -0.1) is 0 Å². The summed E-state index contributed by atoms with van der Waals surface area (Å²) >= 11 is 0. The molecule has 3 nitrogen and oxygen atoms in total. The first-order valence-electron chi connectivity index (χ1n) is 5.11. The molecule has 1 unspecified atom stereocenters. The highest BCUT2D eigenvalue weighted by Crippen LogP contribution is 2.32. The van der Waals surface area contributed by atoms with Crippen molar-refractivity contribution in [1.29, 1.82) is 0 Å². The summed E-state index contributed by atoms with van der Waals surface area (Å²) in [7, 11) is 0. The van der Waals surface area contributed by atoms with Crippen molar-refractivity contribution in [2.45, 2.75) is 37.6 Å². The number of carbonyl (C=O) groups is 1. The number of ether oxygens (including phenoxy) is 1. The number of nitrogens with two attached hydrogens (primary N) is 1. The number of Topliss-reactive ketones (excluding diaryl/α,β-unsaturated/α-hetero) is 1. The molecule has 0 spiro atoms. The summed E-state index contributed by atoms with van der Waals surface area (Å²) in [4.78, 5) is 11.8. The molecular weight excluding hydrogens is 166 g/mol. The standard InChI is InChI=1S/C10H17NO2/c11-10(4-5-13-7-10)9(12)6-8-2-1-3-8/h8H,1-7,11H2. The summed E-state index contributed by atoms with van der Waals surface area (Å²) in [6.45, 7) is 1.07. The van der Waals surface area contributed by atoms with E-state index in [9.17, 15) is 4.79 Å². The van der Waals surface area contributed by atoms with Crippen molar-refractivity contribution in [2.75, 3.05) is 13.2 Å². The lowest BCUT2D eigenvalue weighted by Crippen LogP contribution is -2.49. The molecule has 13 heavy (non-hydrogen) atoms. The predicted octanol–water partition coefficient (Wildman–Crippen LogP) is 0.863. The van der Waals surface area contributed by atoms with Gasteiger partial charge in [-0.3, -0.25) is 4.79 Å². The molecule has 1 saturated heterocycles. The van der Waals surface area contributed by atoms with Crippen molar-refractivity contribution in [3.05, 3.63) is 0 Å². The lowest BCUT2D eigenvalue weighted by molar-refractivity contribution is -0.125. The van der Waals surface area contributed by atoms with Gasteiger partial charge in [-0.2, -0.15) is 0 Å². The maximum atomic E-state index is 11.8. The van der Waals surface area contributed by atoms with Crippen LogP contribution >= 0.6 is 0 Å². The second-order valence-electron chi connectivity index (χ2n) is 4.38. The molecule has 2 aliphatic rings. The molecule has 1 saturated carbocycles. The minimum Gasteiger partial charge on any atom is -0.379 e. The van der Waals surface area contributed by atoms with E-state index in [-0.39, 0.29) is 5.78 Å². The number of ketones is 1. The maximum absolute atomic E-state index is 11.8. The van der Waals surface area contributed by atoms with E-state index in [2.05, 4.69) is 0 Å². The van der Waals surface area contributed by atoms with Crippen LogP contribution in [0.25, 0.3) is 0 Å². The van der Waals surface area contributed by atoms with Gasteiger partial charge in [-0.1, -0.05) is 19.3 Å². The summed E-state index contributed by atoms with van der Waals surface area (Å²) in [5.41, 5.74) is 5.31. The Hall–Kier alpha value is -0.410. The van der Waals surface area contributed by atoms with E-state index in [1.165, 1.54) is 19.3 Å². The summed E-state index contributed by atoms with van der Waals surface area (Å²) in [5, 5.41) is 0. The van der Waals surface area contributed by atoms with Crippen LogP contribution in [-0.2, 0) is 9.53 Å². The smallest absolute Gasteiger partial charge is 0.155 e. The normalized spacial score (nSPS) is 34.5. The van der Waals surface area contributed by atoms with Gasteiger partial charge in [0.25, 0.3) is 0 Å². The van der Waals surface area contributed by atoms with Crippen molar-refractivity contribution in [3.8, 4) is 0 Å². The van der Waals surface area contributed by atoms with Gasteiger partial charge in [0.1, 0.15) is 5.54 Å². The van der Waals surface area contributed by atoms with Gasteiger partial charge in [-0.05, 0) is 12.3 Å². The zero-order valence-corrected chi connectivity index (χ0v) is 7.92. The van der Waals surface area contributed by atoms with Gasteiger partial charge >= 0.3 is 0 Å². The first-order valence-corrected chi connectivity index (χ1v) is 5.11. The fraction of sp³-hybridized carbons (Fsp3) is 0.900. The first kappa shape index (κ1) is 9.16. The van der Waals surface area contributed by atoms with Gasteiger partial charge in [0.05, 0.1) is 6.61 Å². The molecule has 1 atom stereocenters. The molecule has 3 heteroatoms. The average Bonchev–Trinajstić information content (AvgIpc) is 2.45. The molecule has 0 bridgehead atoms. The van der Waals surface area contributed by atoms with E-state index in [0.717, 1.165) is 0 Å². The van der Waals surface area contributed by atoms with Crippen molar-refractivity contribution in [3.63, 3.8) is 0 Å². The fourth-order valence-electron chi connectivity index (χ4n) is 1.96. The number of hydrogen-bond acceptors (Lipinski definition) is 3. The summed E-state index contributed by atoms with van der Waals surface area (Å²) in [6, 6.07) is 0. The quantitative estimate of drug-likeness (QED) is 0.706. The van der Waals surface area contributed by atoms with Crippen LogP contribution < -0.4 is 5.73 Å². The summed E-state index contributed by atoms with van der Waals surface area (Å²) < 4.78 is 5.17. The Kier molecular flexibility index (Phi) is 2.39. The Morgan fingerprint density at radius 1 is 1.54 bits per heavy atom. The van der Waals surface area contributed by atoms with E-state index >= 15 is 0 Å². The van der Waals surface area contributed by atoms with Crippen LogP contribution in [0.5, 0.6) is 0 Å². The zero-order valence-electron chi connectivity index (χ0n) is 7.92.